The molecular formula is C8H18N2O3. The molecule has 0 aliphatic heterocycles. The van der Waals surface area contributed by atoms with Crippen LogP contribution in [0.15, 0.2) is 0 Å². The molecule has 0 aromatic rings. The molecule has 0 aliphatic rings. The third kappa shape index (κ3) is 9.26. The minimum absolute atomic E-state index is 0.0821. The van der Waals surface area contributed by atoms with Crippen molar-refractivity contribution < 1.29 is 14.6 Å². The zero-order chi connectivity index (χ0) is 10.3. The molecule has 0 heterocycles. The quantitative estimate of drug-likeness (QED) is 0.473. The van der Waals surface area contributed by atoms with Crippen LogP contribution < -0.4 is 11.1 Å². The van der Waals surface area contributed by atoms with Crippen LogP contribution in [0.25, 0.3) is 0 Å². The summed E-state index contributed by atoms with van der Waals surface area (Å²) in [6.45, 7) is 4.45. The predicted octanol–water partition coefficient (Wildman–Crippen LogP) is -1.15. The van der Waals surface area contributed by atoms with Gasteiger partial charge in [0, 0.05) is 6.54 Å². The molecule has 1 amide bonds. The molecule has 0 aromatic carbocycles. The SMILES string of the molecule is CC(C)OCC(O)CNCC(N)=O. The Bertz CT molecular complexity index is 150. The number of ether oxygens (including phenoxy) is 1. The van der Waals surface area contributed by atoms with E-state index in [-0.39, 0.29) is 19.3 Å². The van der Waals surface area contributed by atoms with Gasteiger partial charge in [0.2, 0.25) is 5.91 Å². The lowest BCUT2D eigenvalue weighted by Crippen LogP contribution is -2.36. The summed E-state index contributed by atoms with van der Waals surface area (Å²) in [4.78, 5) is 10.3. The number of hydrogen-bond donors (Lipinski definition) is 3. The molecule has 0 spiro atoms. The van der Waals surface area contributed by atoms with Crippen LogP contribution in [0, 0.1) is 0 Å². The van der Waals surface area contributed by atoms with Crippen molar-refractivity contribution in [2.45, 2.75) is 26.1 Å². The lowest BCUT2D eigenvalue weighted by atomic mass is 10.3. The van der Waals surface area contributed by atoms with Gasteiger partial charge in [0.05, 0.1) is 25.4 Å². The third-order valence-electron chi connectivity index (χ3n) is 1.30. The highest BCUT2D eigenvalue weighted by Crippen LogP contribution is 1.90. The number of nitrogens with two attached hydrogens (primary N) is 1. The molecule has 1 unspecified atom stereocenters. The minimum atomic E-state index is -0.596. The van der Waals surface area contributed by atoms with Crippen molar-refractivity contribution in [1.29, 1.82) is 0 Å². The largest absolute Gasteiger partial charge is 0.389 e. The van der Waals surface area contributed by atoms with Crippen molar-refractivity contribution in [3.05, 3.63) is 0 Å². The third-order valence-corrected chi connectivity index (χ3v) is 1.30. The molecule has 0 bridgehead atoms. The van der Waals surface area contributed by atoms with Gasteiger partial charge in [-0.1, -0.05) is 0 Å². The van der Waals surface area contributed by atoms with Gasteiger partial charge in [-0.05, 0) is 13.8 Å². The van der Waals surface area contributed by atoms with Crippen LogP contribution in [0.2, 0.25) is 0 Å². The number of carbonyl (C=O) groups is 1. The number of carbonyl (C=O) groups excluding carboxylic acids is 1. The maximum atomic E-state index is 10.3. The van der Waals surface area contributed by atoms with Gasteiger partial charge in [-0.25, -0.2) is 0 Å². The number of aliphatic hydroxyl groups is 1. The summed E-state index contributed by atoms with van der Waals surface area (Å²) < 4.78 is 5.15. The van der Waals surface area contributed by atoms with Crippen molar-refractivity contribution in [3.8, 4) is 0 Å². The Kier molecular flexibility index (Phi) is 6.48. The van der Waals surface area contributed by atoms with Crippen LogP contribution in [-0.4, -0.2) is 42.9 Å². The van der Waals surface area contributed by atoms with E-state index in [1.807, 2.05) is 13.8 Å². The van der Waals surface area contributed by atoms with E-state index in [9.17, 15) is 9.90 Å². The maximum absolute atomic E-state index is 10.3. The Hall–Kier alpha value is -0.650. The molecule has 0 saturated heterocycles. The molecule has 0 radical (unpaired) electrons. The number of amides is 1. The molecular weight excluding hydrogens is 172 g/mol. The fourth-order valence-corrected chi connectivity index (χ4v) is 0.724. The second-order valence-corrected chi connectivity index (χ2v) is 3.13. The van der Waals surface area contributed by atoms with Crippen LogP contribution in [0.5, 0.6) is 0 Å². The summed E-state index contributed by atoms with van der Waals surface area (Å²) in [6.07, 6.45) is -0.493. The first-order valence-corrected chi connectivity index (χ1v) is 4.31. The first-order valence-electron chi connectivity index (χ1n) is 4.31. The standard InChI is InChI=1S/C8H18N2O3/c1-6(2)13-5-7(11)3-10-4-8(9)12/h6-7,10-11H,3-5H2,1-2H3,(H2,9,12). The van der Waals surface area contributed by atoms with E-state index < -0.39 is 12.0 Å². The smallest absolute Gasteiger partial charge is 0.231 e. The average Bonchev–Trinajstić information content (AvgIpc) is 2.00. The van der Waals surface area contributed by atoms with Crippen LogP contribution >= 0.6 is 0 Å². The van der Waals surface area contributed by atoms with Gasteiger partial charge in [-0.2, -0.15) is 0 Å². The van der Waals surface area contributed by atoms with E-state index in [2.05, 4.69) is 5.32 Å². The topological polar surface area (TPSA) is 84.6 Å². The van der Waals surface area contributed by atoms with E-state index in [4.69, 9.17) is 10.5 Å². The lowest BCUT2D eigenvalue weighted by molar-refractivity contribution is -0.117. The van der Waals surface area contributed by atoms with Crippen molar-refractivity contribution >= 4 is 5.91 Å². The van der Waals surface area contributed by atoms with Crippen LogP contribution in [0.3, 0.4) is 0 Å². The minimum Gasteiger partial charge on any atom is -0.389 e. The molecule has 0 aromatic heterocycles. The number of aliphatic hydroxyl groups excluding tert-OH is 1. The van der Waals surface area contributed by atoms with E-state index in [0.717, 1.165) is 0 Å². The van der Waals surface area contributed by atoms with Gasteiger partial charge in [0.1, 0.15) is 0 Å². The molecule has 1 atom stereocenters. The van der Waals surface area contributed by atoms with Crippen LogP contribution in [0.1, 0.15) is 13.8 Å². The Morgan fingerprint density at radius 3 is 2.69 bits per heavy atom. The first kappa shape index (κ1) is 12.3. The zero-order valence-corrected chi connectivity index (χ0v) is 8.12. The molecule has 0 rings (SSSR count). The number of hydrogen-bond acceptors (Lipinski definition) is 4. The van der Waals surface area contributed by atoms with Crippen molar-refractivity contribution in [2.75, 3.05) is 19.7 Å². The first-order chi connectivity index (χ1) is 6.02. The van der Waals surface area contributed by atoms with E-state index in [1.165, 1.54) is 0 Å². The molecule has 0 fully saturated rings. The summed E-state index contributed by atoms with van der Waals surface area (Å²) in [5.74, 6) is -0.433. The second kappa shape index (κ2) is 6.82. The van der Waals surface area contributed by atoms with Crippen LogP contribution in [0.4, 0.5) is 0 Å². The predicted molar refractivity (Wildman–Crippen MR) is 49.2 cm³/mol. The summed E-state index contributed by atoms with van der Waals surface area (Å²) in [7, 11) is 0. The Balaban J connectivity index is 3.29. The lowest BCUT2D eigenvalue weighted by Gasteiger charge is -2.13. The second-order valence-electron chi connectivity index (χ2n) is 3.13. The van der Waals surface area contributed by atoms with Gasteiger partial charge < -0.3 is 20.9 Å². The van der Waals surface area contributed by atoms with E-state index in [0.29, 0.717) is 6.54 Å². The molecule has 0 aliphatic carbocycles. The van der Waals surface area contributed by atoms with Crippen molar-refractivity contribution in [3.63, 3.8) is 0 Å². The molecule has 5 heteroatoms. The molecule has 13 heavy (non-hydrogen) atoms. The monoisotopic (exact) mass is 190 g/mol. The highest BCUT2D eigenvalue weighted by molar-refractivity contribution is 5.75. The molecule has 5 nitrogen and oxygen atoms in total. The fourth-order valence-electron chi connectivity index (χ4n) is 0.724. The van der Waals surface area contributed by atoms with Gasteiger partial charge in [-0.15, -0.1) is 0 Å². The van der Waals surface area contributed by atoms with Gasteiger partial charge in [-0.3, -0.25) is 4.79 Å². The van der Waals surface area contributed by atoms with Gasteiger partial charge >= 0.3 is 0 Å². The van der Waals surface area contributed by atoms with Crippen molar-refractivity contribution in [2.24, 2.45) is 5.73 Å². The van der Waals surface area contributed by atoms with E-state index >= 15 is 0 Å². The molecule has 4 N–H and O–H groups in total. The van der Waals surface area contributed by atoms with E-state index in [1.54, 1.807) is 0 Å². The summed E-state index contributed by atoms with van der Waals surface area (Å²) in [5, 5.41) is 12.0. The molecule has 78 valence electrons. The summed E-state index contributed by atoms with van der Waals surface area (Å²) in [6, 6.07) is 0. The summed E-state index contributed by atoms with van der Waals surface area (Å²) >= 11 is 0. The molecule has 0 saturated carbocycles. The number of nitrogens with one attached hydrogen (secondary N) is 1. The fraction of sp³-hybridized carbons (Fsp3) is 0.875. The van der Waals surface area contributed by atoms with Gasteiger partial charge in [0.25, 0.3) is 0 Å². The number of primary amides is 1. The Labute approximate surface area is 78.3 Å². The van der Waals surface area contributed by atoms with Gasteiger partial charge in [0.15, 0.2) is 0 Å². The Morgan fingerprint density at radius 1 is 1.62 bits per heavy atom. The van der Waals surface area contributed by atoms with Crippen LogP contribution in [-0.2, 0) is 9.53 Å². The summed E-state index contributed by atoms with van der Waals surface area (Å²) in [5.41, 5.74) is 4.89. The van der Waals surface area contributed by atoms with Crippen molar-refractivity contribution in [1.82, 2.24) is 5.32 Å². The average molecular weight is 190 g/mol. The highest BCUT2D eigenvalue weighted by Gasteiger charge is 2.05. The highest BCUT2D eigenvalue weighted by atomic mass is 16.5. The Morgan fingerprint density at radius 2 is 2.23 bits per heavy atom. The number of rotatable bonds is 7. The zero-order valence-electron chi connectivity index (χ0n) is 8.12. The normalized spacial score (nSPS) is 13.2. The maximum Gasteiger partial charge on any atom is 0.231 e.